The summed E-state index contributed by atoms with van der Waals surface area (Å²) >= 11 is 0. The highest BCUT2D eigenvalue weighted by atomic mass is 19.4. The maximum Gasteiger partial charge on any atom is 0.419 e. The number of nitrogens with zero attached hydrogens (tertiary/aromatic N) is 4. The molecule has 204 valence electrons. The van der Waals surface area contributed by atoms with Crippen molar-refractivity contribution >= 4 is 34.7 Å². The van der Waals surface area contributed by atoms with Crippen molar-refractivity contribution in [1.82, 2.24) is 19.5 Å². The Labute approximate surface area is 216 Å². The van der Waals surface area contributed by atoms with E-state index in [1.807, 2.05) is 0 Å². The van der Waals surface area contributed by atoms with Crippen molar-refractivity contribution in [2.75, 3.05) is 23.8 Å². The zero-order valence-electron chi connectivity index (χ0n) is 20.8. The van der Waals surface area contributed by atoms with Gasteiger partial charge in [0.2, 0.25) is 17.8 Å². The van der Waals surface area contributed by atoms with Crippen molar-refractivity contribution in [3.63, 3.8) is 0 Å². The largest absolute Gasteiger partial charge is 0.419 e. The summed E-state index contributed by atoms with van der Waals surface area (Å²) in [5.41, 5.74) is 4.36. The molecule has 0 radical (unpaired) electrons. The van der Waals surface area contributed by atoms with Gasteiger partial charge in [0.25, 0.3) is 0 Å². The van der Waals surface area contributed by atoms with E-state index in [0.29, 0.717) is 62.1 Å². The lowest BCUT2D eigenvalue weighted by molar-refractivity contribution is -0.139. The highest BCUT2D eigenvalue weighted by molar-refractivity contribution is 5.78. The third-order valence-electron chi connectivity index (χ3n) is 7.46. The molecule has 13 heteroatoms. The monoisotopic (exact) mass is 535 g/mol. The minimum atomic E-state index is -4.85. The number of primary amides is 1. The smallest absolute Gasteiger partial charge is 0.381 e. The van der Waals surface area contributed by atoms with Crippen molar-refractivity contribution in [3.8, 4) is 0 Å². The van der Waals surface area contributed by atoms with Gasteiger partial charge in [-0.1, -0.05) is 6.07 Å². The van der Waals surface area contributed by atoms with E-state index in [0.717, 1.165) is 18.9 Å². The number of fused-ring (bicyclic) bond motifs is 1. The van der Waals surface area contributed by atoms with E-state index in [4.69, 9.17) is 15.5 Å². The molecule has 0 atom stereocenters. The number of amides is 1. The molecule has 2 aliphatic rings. The molecule has 3 heterocycles. The number of halogens is 4. The minimum Gasteiger partial charge on any atom is -0.381 e. The number of carbonyl (C=O) groups excluding carboxylic acids is 1. The average Bonchev–Trinajstić information content (AvgIpc) is 3.22. The maximum atomic E-state index is 14.9. The SMILES string of the molecule is CC1(Nc2ncc3nc(Nc4cccc(C(F)(F)F)c4F)n(C4CCC(C(N)=O)CC4)c3n2)CCOCC1. The lowest BCUT2D eigenvalue weighted by atomic mass is 9.85. The van der Waals surface area contributed by atoms with Crippen LogP contribution in [0.2, 0.25) is 0 Å². The first kappa shape index (κ1) is 26.1. The van der Waals surface area contributed by atoms with Crippen molar-refractivity contribution in [2.45, 2.75) is 63.2 Å². The highest BCUT2D eigenvalue weighted by Crippen LogP contribution is 2.39. The zero-order chi connectivity index (χ0) is 27.1. The first-order chi connectivity index (χ1) is 18.0. The lowest BCUT2D eigenvalue weighted by Crippen LogP contribution is -2.41. The first-order valence-corrected chi connectivity index (χ1v) is 12.6. The topological polar surface area (TPSA) is 120 Å². The molecule has 0 bridgehead atoms. The molecule has 0 unspecified atom stereocenters. The number of hydrogen-bond acceptors (Lipinski definition) is 7. The van der Waals surface area contributed by atoms with Crippen LogP contribution in [0, 0.1) is 11.7 Å². The van der Waals surface area contributed by atoms with Crippen molar-refractivity contribution in [3.05, 3.63) is 35.8 Å². The van der Waals surface area contributed by atoms with Crippen LogP contribution in [-0.4, -0.2) is 44.2 Å². The summed E-state index contributed by atoms with van der Waals surface area (Å²) in [5.74, 6) is -1.51. The van der Waals surface area contributed by atoms with Crippen LogP contribution in [0.15, 0.2) is 24.4 Å². The predicted molar refractivity (Wildman–Crippen MR) is 132 cm³/mol. The van der Waals surface area contributed by atoms with Crippen molar-refractivity contribution in [1.29, 1.82) is 0 Å². The molecular weight excluding hydrogens is 506 g/mol. The average molecular weight is 536 g/mol. The van der Waals surface area contributed by atoms with Gasteiger partial charge in [0.15, 0.2) is 11.5 Å². The Kier molecular flexibility index (Phi) is 6.88. The zero-order valence-corrected chi connectivity index (χ0v) is 20.8. The number of benzene rings is 1. The summed E-state index contributed by atoms with van der Waals surface area (Å²) in [7, 11) is 0. The van der Waals surface area contributed by atoms with Gasteiger partial charge >= 0.3 is 6.18 Å². The molecule has 1 aliphatic carbocycles. The number of hydrogen-bond donors (Lipinski definition) is 3. The van der Waals surface area contributed by atoms with Crippen LogP contribution < -0.4 is 16.4 Å². The fraction of sp³-hybridized carbons (Fsp3) is 0.520. The Morgan fingerprint density at radius 2 is 1.87 bits per heavy atom. The van der Waals surface area contributed by atoms with Crippen molar-refractivity contribution in [2.24, 2.45) is 11.7 Å². The molecule has 9 nitrogen and oxygen atoms in total. The van der Waals surface area contributed by atoms with Crippen molar-refractivity contribution < 1.29 is 27.1 Å². The fourth-order valence-corrected chi connectivity index (χ4v) is 5.19. The Morgan fingerprint density at radius 3 is 2.53 bits per heavy atom. The molecule has 0 spiro atoms. The van der Waals surface area contributed by atoms with Crippen LogP contribution in [0.5, 0.6) is 0 Å². The highest BCUT2D eigenvalue weighted by Gasteiger charge is 2.36. The Hall–Kier alpha value is -3.48. The van der Waals surface area contributed by atoms with Crippen LogP contribution in [-0.2, 0) is 15.7 Å². The summed E-state index contributed by atoms with van der Waals surface area (Å²) in [6.45, 7) is 3.29. The molecule has 1 aromatic carbocycles. The molecule has 2 aromatic heterocycles. The fourth-order valence-electron chi connectivity index (χ4n) is 5.19. The van der Waals surface area contributed by atoms with E-state index in [2.05, 4.69) is 27.5 Å². The normalized spacial score (nSPS) is 21.8. The second-order valence-electron chi connectivity index (χ2n) is 10.2. The first-order valence-electron chi connectivity index (χ1n) is 12.6. The number of anilines is 3. The van der Waals surface area contributed by atoms with E-state index in [1.54, 1.807) is 4.57 Å². The molecule has 5 rings (SSSR count). The van der Waals surface area contributed by atoms with Gasteiger partial charge in [0.1, 0.15) is 5.52 Å². The number of aromatic nitrogens is 4. The number of alkyl halides is 3. The van der Waals surface area contributed by atoms with E-state index >= 15 is 0 Å². The van der Waals surface area contributed by atoms with E-state index in [1.165, 1.54) is 12.3 Å². The quantitative estimate of drug-likeness (QED) is 0.383. The van der Waals surface area contributed by atoms with Gasteiger partial charge in [-0.25, -0.2) is 14.4 Å². The second kappa shape index (κ2) is 10.0. The molecule has 38 heavy (non-hydrogen) atoms. The maximum absolute atomic E-state index is 14.9. The molecule has 2 fully saturated rings. The summed E-state index contributed by atoms with van der Waals surface area (Å²) in [6, 6.07) is 2.86. The van der Waals surface area contributed by atoms with E-state index in [9.17, 15) is 22.4 Å². The number of nitrogens with two attached hydrogens (primary N) is 1. The van der Waals surface area contributed by atoms with Crippen LogP contribution in [0.1, 0.15) is 57.1 Å². The number of nitrogens with one attached hydrogen (secondary N) is 2. The molecule has 1 saturated heterocycles. The molecule has 3 aromatic rings. The van der Waals surface area contributed by atoms with Gasteiger partial charge in [-0.05, 0) is 57.6 Å². The predicted octanol–water partition coefficient (Wildman–Crippen LogP) is 4.93. The number of imidazole rings is 1. The van der Waals surface area contributed by atoms with Crippen LogP contribution >= 0.6 is 0 Å². The Morgan fingerprint density at radius 1 is 1.16 bits per heavy atom. The lowest BCUT2D eigenvalue weighted by Gasteiger charge is -2.34. The number of ether oxygens (including phenoxy) is 1. The van der Waals surface area contributed by atoms with Gasteiger partial charge in [0, 0.05) is 30.7 Å². The molecule has 4 N–H and O–H groups in total. The Bertz CT molecular complexity index is 1330. The third kappa shape index (κ3) is 5.24. The van der Waals surface area contributed by atoms with Gasteiger partial charge in [-0.3, -0.25) is 9.36 Å². The molecule has 1 saturated carbocycles. The summed E-state index contributed by atoms with van der Waals surface area (Å²) in [4.78, 5) is 25.3. The summed E-state index contributed by atoms with van der Waals surface area (Å²) in [6.07, 6.45) is 0.463. The number of rotatable bonds is 6. The number of carbonyl (C=O) groups is 1. The van der Waals surface area contributed by atoms with Gasteiger partial charge in [0.05, 0.1) is 17.4 Å². The van der Waals surface area contributed by atoms with E-state index in [-0.39, 0.29) is 35.0 Å². The van der Waals surface area contributed by atoms with E-state index < -0.39 is 17.6 Å². The standard InChI is InChI=1S/C25H29F4N7O2/c1-24(9-11-38-12-10-24)35-22-31-13-18-21(34-22)36(15-7-5-14(6-8-15)20(30)37)23(33-18)32-17-4-2-3-16(19(17)26)25(27,28)29/h2-4,13-15H,5-12H2,1H3,(H2,30,37)(H,32,33)(H,31,34,35). The summed E-state index contributed by atoms with van der Waals surface area (Å²) in [5, 5.41) is 6.15. The minimum absolute atomic E-state index is 0.143. The summed E-state index contributed by atoms with van der Waals surface area (Å²) < 4.78 is 62.0. The molecular formula is C25H29F4N7O2. The second-order valence-corrected chi connectivity index (χ2v) is 10.2. The third-order valence-corrected chi connectivity index (χ3v) is 7.46. The van der Waals surface area contributed by atoms with Gasteiger partial charge in [-0.2, -0.15) is 18.2 Å². The van der Waals surface area contributed by atoms with Gasteiger partial charge in [-0.15, -0.1) is 0 Å². The molecule has 1 amide bonds. The van der Waals surface area contributed by atoms with Crippen LogP contribution in [0.25, 0.3) is 11.2 Å². The molecule has 1 aliphatic heterocycles. The van der Waals surface area contributed by atoms with Crippen LogP contribution in [0.4, 0.5) is 35.1 Å². The van der Waals surface area contributed by atoms with Crippen LogP contribution in [0.3, 0.4) is 0 Å². The Balaban J connectivity index is 1.54. The van der Waals surface area contributed by atoms with Gasteiger partial charge < -0.3 is 21.1 Å².